The first-order valence-corrected chi connectivity index (χ1v) is 11.0. The number of hydrogen-bond donors (Lipinski definition) is 2. The van der Waals surface area contributed by atoms with E-state index >= 15 is 0 Å². The molecule has 0 saturated carbocycles. The lowest BCUT2D eigenvalue weighted by Gasteiger charge is -2.31. The average molecular weight is 455 g/mol. The third-order valence-corrected chi connectivity index (χ3v) is 5.89. The lowest BCUT2D eigenvalue weighted by molar-refractivity contribution is -0.122. The normalized spacial score (nSPS) is 18.7. The van der Waals surface area contributed by atoms with Crippen molar-refractivity contribution in [3.63, 3.8) is 0 Å². The molecule has 0 aliphatic carbocycles. The van der Waals surface area contributed by atoms with Crippen molar-refractivity contribution in [1.82, 2.24) is 10.2 Å². The second-order valence-corrected chi connectivity index (χ2v) is 8.14. The number of nitrogens with one attached hydrogen (secondary N) is 2. The van der Waals surface area contributed by atoms with Crippen LogP contribution in [0.1, 0.15) is 34.8 Å². The lowest BCUT2D eigenvalue weighted by atomic mass is 10.0. The van der Waals surface area contributed by atoms with Gasteiger partial charge in [0, 0.05) is 32.3 Å². The maximum Gasteiger partial charge on any atom is 0.253 e. The lowest BCUT2D eigenvalue weighted by Crippen LogP contribution is -2.37. The Morgan fingerprint density at radius 1 is 1.12 bits per heavy atom. The number of benzene rings is 2. The van der Waals surface area contributed by atoms with Gasteiger partial charge in [-0.1, -0.05) is 12.1 Å². The highest BCUT2D eigenvalue weighted by atomic mass is 19.1. The van der Waals surface area contributed by atoms with Crippen LogP contribution in [0, 0.1) is 5.82 Å². The summed E-state index contributed by atoms with van der Waals surface area (Å²) < 4.78 is 18.6. The van der Waals surface area contributed by atoms with Gasteiger partial charge in [0.15, 0.2) is 0 Å². The van der Waals surface area contributed by atoms with Gasteiger partial charge in [0.2, 0.25) is 5.91 Å². The molecule has 1 unspecified atom stereocenters. The van der Waals surface area contributed by atoms with E-state index in [0.29, 0.717) is 35.6 Å². The Kier molecular flexibility index (Phi) is 7.00. The van der Waals surface area contributed by atoms with E-state index in [4.69, 9.17) is 4.74 Å². The van der Waals surface area contributed by atoms with E-state index in [1.807, 2.05) is 0 Å². The van der Waals surface area contributed by atoms with E-state index in [1.165, 1.54) is 24.1 Å². The van der Waals surface area contributed by atoms with Crippen molar-refractivity contribution in [1.29, 1.82) is 0 Å². The van der Waals surface area contributed by atoms with Crippen LogP contribution in [0.25, 0.3) is 0 Å². The zero-order valence-electron chi connectivity index (χ0n) is 18.5. The quantitative estimate of drug-likeness (QED) is 0.740. The van der Waals surface area contributed by atoms with Crippen LogP contribution in [-0.4, -0.2) is 62.5 Å². The molecule has 174 valence electrons. The molecule has 33 heavy (non-hydrogen) atoms. The summed E-state index contributed by atoms with van der Waals surface area (Å²) in [7, 11) is 1.42. The molecule has 0 bridgehead atoms. The summed E-state index contributed by atoms with van der Waals surface area (Å²) >= 11 is 0. The van der Waals surface area contributed by atoms with Crippen molar-refractivity contribution in [2.24, 2.45) is 0 Å². The summed E-state index contributed by atoms with van der Waals surface area (Å²) in [6.07, 6.45) is 0.850. The Morgan fingerprint density at radius 2 is 1.91 bits per heavy atom. The predicted molar refractivity (Wildman–Crippen MR) is 122 cm³/mol. The molecule has 2 aromatic rings. The topological polar surface area (TPSA) is 91.0 Å². The van der Waals surface area contributed by atoms with Crippen molar-refractivity contribution < 1.29 is 23.5 Å². The fourth-order valence-corrected chi connectivity index (χ4v) is 4.30. The van der Waals surface area contributed by atoms with Crippen LogP contribution in [-0.2, 0) is 14.3 Å². The maximum atomic E-state index is 13.5. The smallest absolute Gasteiger partial charge is 0.253 e. The number of halogens is 1. The monoisotopic (exact) mass is 454 g/mol. The number of nitrogens with zero attached hydrogens (tertiary/aromatic N) is 2. The van der Waals surface area contributed by atoms with Gasteiger partial charge in [-0.2, -0.15) is 0 Å². The molecule has 1 fully saturated rings. The summed E-state index contributed by atoms with van der Waals surface area (Å²) in [6.45, 7) is 2.66. The minimum atomic E-state index is -0.646. The van der Waals surface area contributed by atoms with E-state index in [2.05, 4.69) is 10.6 Å². The Bertz CT molecular complexity index is 1040. The van der Waals surface area contributed by atoms with Crippen LogP contribution < -0.4 is 15.5 Å². The number of hydrogen-bond acceptors (Lipinski definition) is 5. The number of fused-ring (bicyclic) bond motifs is 1. The predicted octanol–water partition coefficient (Wildman–Crippen LogP) is 2.32. The second kappa shape index (κ2) is 10.1. The molecular formula is C24H27FN4O4. The van der Waals surface area contributed by atoms with Gasteiger partial charge in [0.25, 0.3) is 11.8 Å². The molecule has 4 rings (SSSR count). The van der Waals surface area contributed by atoms with E-state index in [-0.39, 0.29) is 30.7 Å². The van der Waals surface area contributed by atoms with Gasteiger partial charge < -0.3 is 25.2 Å². The van der Waals surface area contributed by atoms with Crippen LogP contribution in [0.3, 0.4) is 0 Å². The Labute approximate surface area is 191 Å². The zero-order valence-corrected chi connectivity index (χ0v) is 18.5. The van der Waals surface area contributed by atoms with Crippen molar-refractivity contribution >= 4 is 29.1 Å². The molecule has 2 aliphatic heterocycles. The van der Waals surface area contributed by atoms with Crippen LogP contribution >= 0.6 is 0 Å². The molecular weight excluding hydrogens is 427 g/mol. The van der Waals surface area contributed by atoms with Crippen LogP contribution in [0.2, 0.25) is 0 Å². The minimum Gasteiger partial charge on any atom is -0.375 e. The van der Waals surface area contributed by atoms with Crippen molar-refractivity contribution in [2.45, 2.75) is 18.9 Å². The number of ether oxygens (including phenoxy) is 1. The fraction of sp³-hybridized carbons (Fsp3) is 0.375. The molecule has 0 spiro atoms. The molecule has 1 saturated heterocycles. The molecule has 3 amide bonds. The zero-order chi connectivity index (χ0) is 23.4. The summed E-state index contributed by atoms with van der Waals surface area (Å²) in [4.78, 5) is 42.2. The van der Waals surface area contributed by atoms with Gasteiger partial charge >= 0.3 is 0 Å². The van der Waals surface area contributed by atoms with Gasteiger partial charge in [-0.3, -0.25) is 14.4 Å². The Morgan fingerprint density at radius 3 is 2.67 bits per heavy atom. The molecule has 0 aromatic heterocycles. The second-order valence-electron chi connectivity index (χ2n) is 8.14. The third-order valence-electron chi connectivity index (χ3n) is 5.89. The van der Waals surface area contributed by atoms with E-state index in [0.717, 1.165) is 19.5 Å². The number of methoxy groups -OCH3 is 1. The van der Waals surface area contributed by atoms with E-state index < -0.39 is 11.9 Å². The van der Waals surface area contributed by atoms with E-state index in [9.17, 15) is 18.8 Å². The summed E-state index contributed by atoms with van der Waals surface area (Å²) in [5.41, 5.74) is 1.91. The average Bonchev–Trinajstić information content (AvgIpc) is 3.16. The van der Waals surface area contributed by atoms with Crippen LogP contribution in [0.5, 0.6) is 0 Å². The first-order valence-electron chi connectivity index (χ1n) is 11.0. The number of anilines is 2. The standard InChI is InChI=1S/C24H27FN4O4/c1-33-15-23(31)29-20-8-5-17(24(32)28-11-2-9-26-10-12-28)13-19(20)27-22(30)14-21(29)16-3-6-18(25)7-4-16/h3-8,13,21,26H,2,9-12,14-15H2,1H3,(H,27,30). The number of amides is 3. The highest BCUT2D eigenvalue weighted by Crippen LogP contribution is 2.39. The van der Waals surface area contributed by atoms with Gasteiger partial charge in [-0.25, -0.2) is 4.39 Å². The highest BCUT2D eigenvalue weighted by molar-refractivity contribution is 6.07. The van der Waals surface area contributed by atoms with E-state index in [1.54, 1.807) is 35.2 Å². The number of rotatable bonds is 4. The van der Waals surface area contributed by atoms with Gasteiger partial charge in [-0.15, -0.1) is 0 Å². The van der Waals surface area contributed by atoms with Crippen LogP contribution in [0.4, 0.5) is 15.8 Å². The SMILES string of the molecule is COCC(=O)N1c2ccc(C(=O)N3CCCNCC3)cc2NC(=O)CC1c1ccc(F)cc1. The maximum absolute atomic E-state index is 13.5. The molecule has 1 atom stereocenters. The molecule has 2 N–H and O–H groups in total. The molecule has 9 heteroatoms. The molecule has 8 nitrogen and oxygen atoms in total. The Hall–Kier alpha value is -3.30. The highest BCUT2D eigenvalue weighted by Gasteiger charge is 2.34. The third kappa shape index (κ3) is 5.04. The van der Waals surface area contributed by atoms with Crippen molar-refractivity contribution in [3.05, 3.63) is 59.4 Å². The number of carbonyl (C=O) groups is 3. The Balaban J connectivity index is 1.73. The minimum absolute atomic E-state index is 0.0170. The summed E-state index contributed by atoms with van der Waals surface area (Å²) in [6, 6.07) is 10.1. The van der Waals surface area contributed by atoms with Crippen molar-refractivity contribution in [3.8, 4) is 0 Å². The van der Waals surface area contributed by atoms with Gasteiger partial charge in [0.05, 0.1) is 23.8 Å². The molecule has 2 aromatic carbocycles. The number of carbonyl (C=O) groups excluding carboxylic acids is 3. The summed E-state index contributed by atoms with van der Waals surface area (Å²) in [5.74, 6) is -1.17. The van der Waals surface area contributed by atoms with Gasteiger partial charge in [-0.05, 0) is 48.9 Å². The van der Waals surface area contributed by atoms with Crippen molar-refractivity contribution in [2.75, 3.05) is 50.1 Å². The molecule has 2 aliphatic rings. The largest absolute Gasteiger partial charge is 0.375 e. The molecule has 0 radical (unpaired) electrons. The fourth-order valence-electron chi connectivity index (χ4n) is 4.30. The van der Waals surface area contributed by atoms with Gasteiger partial charge in [0.1, 0.15) is 12.4 Å². The molecule has 2 heterocycles. The first kappa shape index (κ1) is 22.9. The van der Waals surface area contributed by atoms with Crippen LogP contribution in [0.15, 0.2) is 42.5 Å². The first-order chi connectivity index (χ1) is 16.0. The summed E-state index contributed by atoms with van der Waals surface area (Å²) in [5, 5.41) is 6.11.